The van der Waals surface area contributed by atoms with Crippen LogP contribution in [0.25, 0.3) is 0 Å². The fourth-order valence-electron chi connectivity index (χ4n) is 2.20. The van der Waals surface area contributed by atoms with E-state index in [1.165, 1.54) is 0 Å². The number of pyridine rings is 1. The van der Waals surface area contributed by atoms with Gasteiger partial charge in [-0.15, -0.1) is 0 Å². The quantitative estimate of drug-likeness (QED) is 0.291. The lowest BCUT2D eigenvalue weighted by atomic mass is 10.0. The van der Waals surface area contributed by atoms with Gasteiger partial charge in [-0.25, -0.2) is 9.59 Å². The topological polar surface area (TPSA) is 112 Å². The van der Waals surface area contributed by atoms with E-state index in [1.807, 2.05) is 36.4 Å². The number of aromatic nitrogens is 1. The normalized spacial score (nSPS) is 10.8. The maximum absolute atomic E-state index is 9.10. The van der Waals surface area contributed by atoms with E-state index in [9.17, 15) is 0 Å². The lowest BCUT2D eigenvalue weighted by Crippen LogP contribution is -2.26. The zero-order chi connectivity index (χ0) is 21.6. The summed E-state index contributed by atoms with van der Waals surface area (Å²) in [4.78, 5) is 30.2. The van der Waals surface area contributed by atoms with Gasteiger partial charge < -0.3 is 20.0 Å². The molecule has 0 amide bonds. The van der Waals surface area contributed by atoms with Crippen LogP contribution in [0.3, 0.4) is 0 Å². The molecular formula is C20H24ClN3O5. The summed E-state index contributed by atoms with van der Waals surface area (Å²) in [6, 6.07) is 11.4. The molecule has 1 heterocycles. The van der Waals surface area contributed by atoms with E-state index < -0.39 is 11.9 Å². The molecule has 2 rings (SSSR count). The Hall–Kier alpha value is -2.97. The summed E-state index contributed by atoms with van der Waals surface area (Å²) < 4.78 is 0. The molecule has 0 saturated heterocycles. The number of rotatable bonds is 8. The Kier molecular flexibility index (Phi) is 11.0. The third-order valence-electron chi connectivity index (χ3n) is 3.78. The first-order chi connectivity index (χ1) is 13.9. The number of nitrogens with zero attached hydrogens (tertiary/aromatic N) is 3. The lowest BCUT2D eigenvalue weighted by Gasteiger charge is -2.16. The first-order valence-electron chi connectivity index (χ1n) is 8.93. The van der Waals surface area contributed by atoms with Gasteiger partial charge in [0.2, 0.25) is 0 Å². The molecule has 0 atom stereocenters. The van der Waals surface area contributed by atoms with Crippen LogP contribution < -0.4 is 0 Å². The third kappa shape index (κ3) is 9.18. The van der Waals surface area contributed by atoms with Crippen molar-refractivity contribution in [2.75, 3.05) is 26.2 Å². The summed E-state index contributed by atoms with van der Waals surface area (Å²) in [6.07, 6.45) is 3.52. The molecule has 1 aromatic carbocycles. The molecule has 0 fully saturated rings. The standard InChI is InChI=1S/C18H22ClN3O.C2H2O4/c1-3-22(4-2)12-13-23-21-18(16-6-5-11-20-14-16)15-7-9-17(19)10-8-15;3-1(4)2(5)6/h5-11,14H,3-4,12-13H2,1-2H3;(H,3,4)(H,5,6). The van der Waals surface area contributed by atoms with E-state index in [0.717, 1.165) is 36.5 Å². The number of oxime groups is 1. The number of carbonyl (C=O) groups is 2. The molecule has 2 aromatic rings. The first-order valence-corrected chi connectivity index (χ1v) is 9.31. The Morgan fingerprint density at radius 1 is 1.07 bits per heavy atom. The van der Waals surface area contributed by atoms with Gasteiger partial charge in [0.15, 0.2) is 0 Å². The molecular weight excluding hydrogens is 398 g/mol. The number of benzene rings is 1. The molecule has 0 aliphatic heterocycles. The van der Waals surface area contributed by atoms with Crippen molar-refractivity contribution in [3.63, 3.8) is 0 Å². The number of aliphatic carboxylic acids is 2. The molecule has 0 bridgehead atoms. The molecule has 2 N–H and O–H groups in total. The number of hydrogen-bond acceptors (Lipinski definition) is 6. The van der Waals surface area contributed by atoms with Crippen LogP contribution in [-0.2, 0) is 14.4 Å². The minimum atomic E-state index is -1.82. The van der Waals surface area contributed by atoms with E-state index in [1.54, 1.807) is 12.4 Å². The molecule has 0 aliphatic rings. The van der Waals surface area contributed by atoms with Crippen molar-refractivity contribution in [1.82, 2.24) is 9.88 Å². The number of carboxylic acid groups (broad SMARTS) is 2. The highest BCUT2D eigenvalue weighted by atomic mass is 35.5. The summed E-state index contributed by atoms with van der Waals surface area (Å²) in [5, 5.41) is 19.8. The highest BCUT2D eigenvalue weighted by molar-refractivity contribution is 6.30. The first kappa shape index (κ1) is 24.1. The molecule has 29 heavy (non-hydrogen) atoms. The molecule has 0 radical (unpaired) electrons. The number of hydrogen-bond donors (Lipinski definition) is 2. The van der Waals surface area contributed by atoms with Crippen molar-refractivity contribution < 1.29 is 24.6 Å². The maximum atomic E-state index is 9.10. The van der Waals surface area contributed by atoms with E-state index in [-0.39, 0.29) is 0 Å². The average molecular weight is 422 g/mol. The van der Waals surface area contributed by atoms with Crippen LogP contribution in [0.5, 0.6) is 0 Å². The summed E-state index contributed by atoms with van der Waals surface area (Å²) in [7, 11) is 0. The SMILES string of the molecule is CCN(CC)CCON=C(c1ccc(Cl)cc1)c1cccnc1.O=C(O)C(=O)O. The molecule has 0 aliphatic carbocycles. The molecule has 9 heteroatoms. The van der Waals surface area contributed by atoms with Gasteiger partial charge in [0.25, 0.3) is 0 Å². The van der Waals surface area contributed by atoms with Crippen molar-refractivity contribution in [2.45, 2.75) is 13.8 Å². The van der Waals surface area contributed by atoms with Crippen molar-refractivity contribution in [2.24, 2.45) is 5.16 Å². The second kappa shape index (κ2) is 13.2. The van der Waals surface area contributed by atoms with Crippen LogP contribution in [0.1, 0.15) is 25.0 Å². The summed E-state index contributed by atoms with van der Waals surface area (Å²) in [5.74, 6) is -3.65. The highest BCUT2D eigenvalue weighted by Crippen LogP contribution is 2.14. The zero-order valence-corrected chi connectivity index (χ0v) is 17.0. The smallest absolute Gasteiger partial charge is 0.414 e. The summed E-state index contributed by atoms with van der Waals surface area (Å²) in [6.45, 7) is 7.71. The molecule has 156 valence electrons. The third-order valence-corrected chi connectivity index (χ3v) is 4.04. The zero-order valence-electron chi connectivity index (χ0n) is 16.3. The van der Waals surface area contributed by atoms with Crippen molar-refractivity contribution in [3.8, 4) is 0 Å². The van der Waals surface area contributed by atoms with Crippen LogP contribution in [0.4, 0.5) is 0 Å². The summed E-state index contributed by atoms with van der Waals surface area (Å²) >= 11 is 5.97. The highest BCUT2D eigenvalue weighted by Gasteiger charge is 2.08. The van der Waals surface area contributed by atoms with Gasteiger partial charge in [-0.05, 0) is 37.4 Å². The number of halogens is 1. The van der Waals surface area contributed by atoms with Gasteiger partial charge >= 0.3 is 11.9 Å². The minimum absolute atomic E-state index is 0.555. The molecule has 0 spiro atoms. The molecule has 1 aromatic heterocycles. The van der Waals surface area contributed by atoms with Gasteiger partial charge in [-0.1, -0.05) is 42.7 Å². The van der Waals surface area contributed by atoms with E-state index >= 15 is 0 Å². The molecule has 0 saturated carbocycles. The van der Waals surface area contributed by atoms with Crippen LogP contribution in [-0.4, -0.2) is 64.0 Å². The van der Waals surface area contributed by atoms with Gasteiger partial charge in [-0.3, -0.25) is 4.98 Å². The van der Waals surface area contributed by atoms with Crippen LogP contribution in [0.15, 0.2) is 53.9 Å². The largest absolute Gasteiger partial charge is 0.473 e. The predicted octanol–water partition coefficient (Wildman–Crippen LogP) is 3.00. The predicted molar refractivity (Wildman–Crippen MR) is 110 cm³/mol. The van der Waals surface area contributed by atoms with Gasteiger partial charge in [0.05, 0.1) is 0 Å². The molecule has 8 nitrogen and oxygen atoms in total. The van der Waals surface area contributed by atoms with E-state index in [2.05, 4.69) is 28.9 Å². The van der Waals surface area contributed by atoms with Gasteiger partial charge in [-0.2, -0.15) is 0 Å². The van der Waals surface area contributed by atoms with E-state index in [0.29, 0.717) is 11.6 Å². The molecule has 0 unspecified atom stereocenters. The Bertz CT molecular complexity index is 782. The van der Waals surface area contributed by atoms with Gasteiger partial charge in [0.1, 0.15) is 12.3 Å². The van der Waals surface area contributed by atoms with Crippen molar-refractivity contribution >= 4 is 29.3 Å². The Morgan fingerprint density at radius 3 is 2.17 bits per heavy atom. The van der Waals surface area contributed by atoms with Crippen molar-refractivity contribution in [3.05, 3.63) is 64.9 Å². The fourth-order valence-corrected chi connectivity index (χ4v) is 2.33. The Labute approximate surface area is 174 Å². The Balaban J connectivity index is 0.000000612. The van der Waals surface area contributed by atoms with E-state index in [4.69, 9.17) is 36.2 Å². The lowest BCUT2D eigenvalue weighted by molar-refractivity contribution is -0.159. The van der Waals surface area contributed by atoms with Crippen LogP contribution >= 0.6 is 11.6 Å². The van der Waals surface area contributed by atoms with Crippen molar-refractivity contribution in [1.29, 1.82) is 0 Å². The van der Waals surface area contributed by atoms with Crippen LogP contribution in [0.2, 0.25) is 5.02 Å². The maximum Gasteiger partial charge on any atom is 0.414 e. The second-order valence-corrected chi connectivity index (χ2v) is 6.10. The minimum Gasteiger partial charge on any atom is -0.473 e. The average Bonchev–Trinajstić information content (AvgIpc) is 2.73. The van der Waals surface area contributed by atoms with Gasteiger partial charge in [0, 0.05) is 35.1 Å². The number of carboxylic acids is 2. The second-order valence-electron chi connectivity index (χ2n) is 5.66. The summed E-state index contributed by atoms with van der Waals surface area (Å²) in [5.41, 5.74) is 2.62. The Morgan fingerprint density at radius 2 is 1.69 bits per heavy atom. The fraction of sp³-hybridized carbons (Fsp3) is 0.300. The van der Waals surface area contributed by atoms with Crippen LogP contribution in [0, 0.1) is 0 Å². The monoisotopic (exact) mass is 421 g/mol. The number of likely N-dealkylation sites (N-methyl/N-ethyl adjacent to an activating group) is 1.